The van der Waals surface area contributed by atoms with Crippen LogP contribution in [-0.2, 0) is 6.42 Å². The molecule has 0 aliphatic heterocycles. The van der Waals surface area contributed by atoms with Gasteiger partial charge in [-0.05, 0) is 53.3 Å². The fourth-order valence-corrected chi connectivity index (χ4v) is 2.62. The predicted molar refractivity (Wildman–Crippen MR) is 85.6 cm³/mol. The molecule has 0 radical (unpaired) electrons. The van der Waals surface area contributed by atoms with E-state index >= 15 is 0 Å². The molecule has 2 aromatic carbocycles. The number of likely N-dealkylation sites (N-methyl/N-ethyl adjacent to an activating group) is 1. The molecule has 0 aliphatic rings. The van der Waals surface area contributed by atoms with Crippen molar-refractivity contribution >= 4 is 22.6 Å². The van der Waals surface area contributed by atoms with Crippen LogP contribution in [0.4, 0.5) is 13.2 Å². The molecule has 0 heterocycles. The minimum absolute atomic E-state index is 0.114. The van der Waals surface area contributed by atoms with Crippen molar-refractivity contribution < 1.29 is 13.2 Å². The fourth-order valence-electron chi connectivity index (χ4n) is 2.27. The molecule has 112 valence electrons. The lowest BCUT2D eigenvalue weighted by Gasteiger charge is -2.20. The van der Waals surface area contributed by atoms with E-state index in [1.165, 1.54) is 0 Å². The maximum absolute atomic E-state index is 13.9. The number of hydrogen-bond donors (Lipinski definition) is 1. The Morgan fingerprint density at radius 3 is 2.14 bits per heavy atom. The van der Waals surface area contributed by atoms with Gasteiger partial charge >= 0.3 is 0 Å². The summed E-state index contributed by atoms with van der Waals surface area (Å²) in [6.07, 6.45) is 0.435. The Morgan fingerprint density at radius 2 is 1.62 bits per heavy atom. The van der Waals surface area contributed by atoms with Gasteiger partial charge in [0.05, 0.1) is 0 Å². The molecule has 2 aromatic rings. The summed E-state index contributed by atoms with van der Waals surface area (Å²) in [5.41, 5.74) is 0.848. The molecule has 21 heavy (non-hydrogen) atoms. The van der Waals surface area contributed by atoms with Crippen LogP contribution in [0.2, 0.25) is 0 Å². The molecule has 0 aliphatic carbocycles. The molecule has 1 N–H and O–H groups in total. The molecule has 1 unspecified atom stereocenters. The third kappa shape index (κ3) is 4.20. The standard InChI is InChI=1S/C16H15F3IN/c1-2-21-15(7-10-3-5-12(20)6-4-10)16-13(18)8-11(17)9-14(16)19/h3-6,8-9,15,21H,2,7H2,1H3. The second-order valence-corrected chi connectivity index (χ2v) is 5.97. The topological polar surface area (TPSA) is 12.0 Å². The van der Waals surface area contributed by atoms with Gasteiger partial charge in [-0.1, -0.05) is 19.1 Å². The van der Waals surface area contributed by atoms with Gasteiger partial charge in [0.15, 0.2) is 0 Å². The van der Waals surface area contributed by atoms with Gasteiger partial charge in [0.2, 0.25) is 0 Å². The van der Waals surface area contributed by atoms with Crippen LogP contribution in [0.1, 0.15) is 24.1 Å². The molecular formula is C16H15F3IN. The fraction of sp³-hybridized carbons (Fsp3) is 0.250. The van der Waals surface area contributed by atoms with Gasteiger partial charge in [-0.15, -0.1) is 0 Å². The van der Waals surface area contributed by atoms with E-state index in [0.29, 0.717) is 13.0 Å². The van der Waals surface area contributed by atoms with Gasteiger partial charge in [-0.2, -0.15) is 0 Å². The van der Waals surface area contributed by atoms with E-state index in [4.69, 9.17) is 0 Å². The molecule has 0 spiro atoms. The minimum Gasteiger partial charge on any atom is -0.310 e. The summed E-state index contributed by atoms with van der Waals surface area (Å²) in [5, 5.41) is 3.06. The second-order valence-electron chi connectivity index (χ2n) is 4.72. The smallest absolute Gasteiger partial charge is 0.133 e. The monoisotopic (exact) mass is 405 g/mol. The molecule has 0 amide bonds. The van der Waals surface area contributed by atoms with Crippen molar-refractivity contribution in [2.45, 2.75) is 19.4 Å². The van der Waals surface area contributed by atoms with Crippen LogP contribution in [0.3, 0.4) is 0 Å². The second kappa shape index (κ2) is 7.26. The number of halogens is 4. The van der Waals surface area contributed by atoms with Gasteiger partial charge in [0.1, 0.15) is 17.5 Å². The van der Waals surface area contributed by atoms with Crippen molar-refractivity contribution in [3.8, 4) is 0 Å². The average Bonchev–Trinajstić information content (AvgIpc) is 2.40. The molecule has 0 saturated heterocycles. The summed E-state index contributed by atoms with van der Waals surface area (Å²) in [7, 11) is 0. The van der Waals surface area contributed by atoms with Crippen molar-refractivity contribution in [1.82, 2.24) is 5.32 Å². The first-order valence-corrected chi connectivity index (χ1v) is 7.71. The van der Waals surface area contributed by atoms with E-state index in [2.05, 4.69) is 27.9 Å². The molecule has 1 atom stereocenters. The van der Waals surface area contributed by atoms with E-state index in [-0.39, 0.29) is 5.56 Å². The number of nitrogens with one attached hydrogen (secondary N) is 1. The van der Waals surface area contributed by atoms with Gasteiger partial charge in [0, 0.05) is 27.3 Å². The predicted octanol–water partition coefficient (Wildman–Crippen LogP) is 4.60. The van der Waals surface area contributed by atoms with Crippen LogP contribution in [0, 0.1) is 21.0 Å². The highest BCUT2D eigenvalue weighted by Crippen LogP contribution is 2.25. The maximum atomic E-state index is 13.9. The minimum atomic E-state index is -0.904. The van der Waals surface area contributed by atoms with Crippen LogP contribution in [0.5, 0.6) is 0 Å². The zero-order chi connectivity index (χ0) is 15.4. The lowest BCUT2D eigenvalue weighted by molar-refractivity contribution is 0.462. The van der Waals surface area contributed by atoms with Crippen LogP contribution in [0.25, 0.3) is 0 Å². The molecule has 2 rings (SSSR count). The first-order valence-electron chi connectivity index (χ1n) is 6.63. The van der Waals surface area contributed by atoms with Crippen molar-refractivity contribution in [3.63, 3.8) is 0 Å². The third-order valence-electron chi connectivity index (χ3n) is 3.20. The molecule has 0 aromatic heterocycles. The van der Waals surface area contributed by atoms with E-state index in [0.717, 1.165) is 21.3 Å². The highest BCUT2D eigenvalue weighted by molar-refractivity contribution is 14.1. The SMILES string of the molecule is CCNC(Cc1ccc(I)cc1)c1c(F)cc(F)cc1F. The highest BCUT2D eigenvalue weighted by Gasteiger charge is 2.21. The van der Waals surface area contributed by atoms with E-state index in [1.54, 1.807) is 0 Å². The Balaban J connectivity index is 2.33. The first-order chi connectivity index (χ1) is 10.0. The summed E-state index contributed by atoms with van der Waals surface area (Å²) in [6, 6.07) is 8.63. The Morgan fingerprint density at radius 1 is 1.05 bits per heavy atom. The number of hydrogen-bond acceptors (Lipinski definition) is 1. The number of rotatable bonds is 5. The quantitative estimate of drug-likeness (QED) is 0.718. The normalized spacial score (nSPS) is 12.4. The Bertz CT molecular complexity index is 590. The highest BCUT2D eigenvalue weighted by atomic mass is 127. The molecular weight excluding hydrogens is 390 g/mol. The zero-order valence-corrected chi connectivity index (χ0v) is 13.6. The van der Waals surface area contributed by atoms with Crippen LogP contribution in [-0.4, -0.2) is 6.54 Å². The Labute approximate surface area is 135 Å². The van der Waals surface area contributed by atoms with E-state index in [1.807, 2.05) is 31.2 Å². The summed E-state index contributed by atoms with van der Waals surface area (Å²) >= 11 is 2.20. The summed E-state index contributed by atoms with van der Waals surface area (Å²) in [6.45, 7) is 2.42. The summed E-state index contributed by atoms with van der Waals surface area (Å²) in [4.78, 5) is 0. The molecule has 5 heteroatoms. The van der Waals surface area contributed by atoms with Crippen molar-refractivity contribution in [2.24, 2.45) is 0 Å². The Kier molecular flexibility index (Phi) is 5.64. The van der Waals surface area contributed by atoms with Crippen molar-refractivity contribution in [3.05, 3.63) is 68.5 Å². The lowest BCUT2D eigenvalue weighted by atomic mass is 9.97. The first kappa shape index (κ1) is 16.3. The van der Waals surface area contributed by atoms with Gasteiger partial charge < -0.3 is 5.32 Å². The zero-order valence-electron chi connectivity index (χ0n) is 11.5. The van der Waals surface area contributed by atoms with E-state index in [9.17, 15) is 13.2 Å². The van der Waals surface area contributed by atoms with Gasteiger partial charge in [-0.25, -0.2) is 13.2 Å². The van der Waals surface area contributed by atoms with Crippen LogP contribution in [0.15, 0.2) is 36.4 Å². The van der Waals surface area contributed by atoms with Crippen molar-refractivity contribution in [1.29, 1.82) is 0 Å². The molecule has 0 bridgehead atoms. The number of benzene rings is 2. The van der Waals surface area contributed by atoms with Gasteiger partial charge in [0.25, 0.3) is 0 Å². The average molecular weight is 405 g/mol. The maximum Gasteiger partial charge on any atom is 0.133 e. The summed E-state index contributed by atoms with van der Waals surface area (Å²) in [5.74, 6) is -2.62. The van der Waals surface area contributed by atoms with Crippen LogP contribution >= 0.6 is 22.6 Å². The summed E-state index contributed by atoms with van der Waals surface area (Å²) < 4.78 is 42.0. The van der Waals surface area contributed by atoms with Crippen molar-refractivity contribution in [2.75, 3.05) is 6.54 Å². The lowest BCUT2D eigenvalue weighted by Crippen LogP contribution is -2.25. The third-order valence-corrected chi connectivity index (χ3v) is 3.92. The van der Waals surface area contributed by atoms with Crippen LogP contribution < -0.4 is 5.32 Å². The molecule has 0 saturated carbocycles. The largest absolute Gasteiger partial charge is 0.310 e. The molecule has 0 fully saturated rings. The Hall–Kier alpha value is -1.08. The van der Waals surface area contributed by atoms with Gasteiger partial charge in [-0.3, -0.25) is 0 Å². The van der Waals surface area contributed by atoms with E-state index < -0.39 is 23.5 Å². The molecule has 1 nitrogen and oxygen atoms in total.